The molecular weight excluding hydrogens is 392 g/mol. The van der Waals surface area contributed by atoms with Crippen LogP contribution >= 0.6 is 0 Å². The number of ether oxygens (including phenoxy) is 1. The Bertz CT molecular complexity index is 1060. The van der Waals surface area contributed by atoms with E-state index in [0.29, 0.717) is 17.2 Å². The molecule has 1 aromatic heterocycles. The highest BCUT2D eigenvalue weighted by atomic mass is 32.2. The molecule has 3 aromatic rings. The third kappa shape index (κ3) is 4.78. The molecule has 0 saturated carbocycles. The van der Waals surface area contributed by atoms with Gasteiger partial charge in [0, 0.05) is 0 Å². The number of methoxy groups -OCH3 is 1. The van der Waals surface area contributed by atoms with Crippen molar-refractivity contribution in [3.05, 3.63) is 78.3 Å². The summed E-state index contributed by atoms with van der Waals surface area (Å²) >= 11 is 0. The Hall–Kier alpha value is -3.26. The number of hydrogen-bond donors (Lipinski definition) is 1. The zero-order valence-electron chi connectivity index (χ0n) is 16.2. The minimum atomic E-state index is -4.00. The zero-order chi connectivity index (χ0) is 20.9. The fourth-order valence-corrected chi connectivity index (χ4v) is 4.24. The summed E-state index contributed by atoms with van der Waals surface area (Å²) in [5.74, 6) is 0.461. The number of carbonyl (C=O) groups excluding carboxylic acids is 1. The topological polar surface area (TPSA) is 88.8 Å². The molecule has 29 heavy (non-hydrogen) atoms. The SMILES string of the molecule is COc1ccc(C)cc1N(CC(=O)NCc1ccco1)S(=O)(=O)c1ccccc1. The molecule has 1 heterocycles. The first-order valence-corrected chi connectivity index (χ1v) is 10.4. The monoisotopic (exact) mass is 414 g/mol. The molecule has 152 valence electrons. The average molecular weight is 414 g/mol. The Morgan fingerprint density at radius 3 is 2.52 bits per heavy atom. The number of sulfonamides is 1. The van der Waals surface area contributed by atoms with Crippen LogP contribution in [0.25, 0.3) is 0 Å². The quantitative estimate of drug-likeness (QED) is 0.612. The second kappa shape index (κ2) is 8.83. The second-order valence-electron chi connectivity index (χ2n) is 6.36. The Kier molecular flexibility index (Phi) is 6.23. The van der Waals surface area contributed by atoms with Gasteiger partial charge in [0.05, 0.1) is 30.5 Å². The van der Waals surface area contributed by atoms with Crippen LogP contribution in [-0.2, 0) is 21.4 Å². The van der Waals surface area contributed by atoms with Crippen LogP contribution in [0.4, 0.5) is 5.69 Å². The summed E-state index contributed by atoms with van der Waals surface area (Å²) in [5, 5.41) is 2.68. The summed E-state index contributed by atoms with van der Waals surface area (Å²) in [7, 11) is -2.54. The lowest BCUT2D eigenvalue weighted by Gasteiger charge is -2.26. The van der Waals surface area contributed by atoms with Gasteiger partial charge in [0.2, 0.25) is 5.91 Å². The van der Waals surface area contributed by atoms with Gasteiger partial charge in [-0.1, -0.05) is 24.3 Å². The third-order valence-electron chi connectivity index (χ3n) is 4.26. The fourth-order valence-electron chi connectivity index (χ4n) is 2.80. The standard InChI is InChI=1S/C21H22N2O5S/c1-16-10-11-20(27-2)19(13-16)23(29(25,26)18-8-4-3-5-9-18)15-21(24)22-14-17-7-6-12-28-17/h3-13H,14-15H2,1-2H3,(H,22,24). The van der Waals surface area contributed by atoms with E-state index < -0.39 is 22.5 Å². The van der Waals surface area contributed by atoms with Crippen LogP contribution in [-0.4, -0.2) is 28.0 Å². The van der Waals surface area contributed by atoms with Crippen molar-refractivity contribution in [1.82, 2.24) is 5.32 Å². The van der Waals surface area contributed by atoms with Crippen molar-refractivity contribution in [1.29, 1.82) is 0 Å². The van der Waals surface area contributed by atoms with Gasteiger partial charge in [-0.3, -0.25) is 9.10 Å². The van der Waals surface area contributed by atoms with Crippen molar-refractivity contribution in [3.63, 3.8) is 0 Å². The average Bonchev–Trinajstić information content (AvgIpc) is 3.24. The molecule has 8 heteroatoms. The molecule has 0 bridgehead atoms. The van der Waals surface area contributed by atoms with Crippen LogP contribution in [0.5, 0.6) is 5.75 Å². The van der Waals surface area contributed by atoms with E-state index >= 15 is 0 Å². The molecule has 0 radical (unpaired) electrons. The van der Waals surface area contributed by atoms with Gasteiger partial charge in [-0.05, 0) is 48.9 Å². The molecule has 1 amide bonds. The Morgan fingerprint density at radius 2 is 1.86 bits per heavy atom. The summed E-state index contributed by atoms with van der Waals surface area (Å²) in [6.07, 6.45) is 1.51. The lowest BCUT2D eigenvalue weighted by Crippen LogP contribution is -2.40. The van der Waals surface area contributed by atoms with Gasteiger partial charge >= 0.3 is 0 Å². The van der Waals surface area contributed by atoms with Crippen molar-refractivity contribution in [2.75, 3.05) is 18.0 Å². The molecule has 3 rings (SSSR count). The molecule has 0 aliphatic rings. The first kappa shape index (κ1) is 20.5. The first-order valence-electron chi connectivity index (χ1n) is 8.93. The molecule has 2 aromatic carbocycles. The number of nitrogens with one attached hydrogen (secondary N) is 1. The highest BCUT2D eigenvalue weighted by Crippen LogP contribution is 2.33. The molecule has 1 N–H and O–H groups in total. The maximum absolute atomic E-state index is 13.4. The fraction of sp³-hybridized carbons (Fsp3) is 0.190. The maximum Gasteiger partial charge on any atom is 0.264 e. The van der Waals surface area contributed by atoms with Crippen molar-refractivity contribution < 1.29 is 22.4 Å². The van der Waals surface area contributed by atoms with E-state index in [0.717, 1.165) is 9.87 Å². The van der Waals surface area contributed by atoms with Gasteiger partial charge in [0.1, 0.15) is 18.1 Å². The van der Waals surface area contributed by atoms with Gasteiger partial charge in [0.25, 0.3) is 10.0 Å². The van der Waals surface area contributed by atoms with Crippen LogP contribution in [0.2, 0.25) is 0 Å². The number of nitrogens with zero attached hydrogens (tertiary/aromatic N) is 1. The van der Waals surface area contributed by atoms with Crippen molar-refractivity contribution in [2.24, 2.45) is 0 Å². The summed E-state index contributed by atoms with van der Waals surface area (Å²) < 4.78 is 38.3. The van der Waals surface area contributed by atoms with Crippen LogP contribution in [0, 0.1) is 6.92 Å². The normalized spacial score (nSPS) is 11.1. The Labute approximate surface area is 170 Å². The number of anilines is 1. The smallest absolute Gasteiger partial charge is 0.264 e. The van der Waals surface area contributed by atoms with E-state index in [9.17, 15) is 13.2 Å². The van der Waals surface area contributed by atoms with Crippen LogP contribution in [0.15, 0.2) is 76.2 Å². The number of hydrogen-bond acceptors (Lipinski definition) is 5. The Balaban J connectivity index is 1.96. The van der Waals surface area contributed by atoms with Crippen molar-refractivity contribution in [2.45, 2.75) is 18.4 Å². The summed E-state index contributed by atoms with van der Waals surface area (Å²) in [6, 6.07) is 16.6. The minimum Gasteiger partial charge on any atom is -0.495 e. The number of rotatable bonds is 8. The van der Waals surface area contributed by atoms with Gasteiger partial charge in [-0.15, -0.1) is 0 Å². The highest BCUT2D eigenvalue weighted by molar-refractivity contribution is 7.92. The van der Waals surface area contributed by atoms with Crippen molar-refractivity contribution in [3.8, 4) is 5.75 Å². The lowest BCUT2D eigenvalue weighted by atomic mass is 10.2. The lowest BCUT2D eigenvalue weighted by molar-refractivity contribution is -0.119. The Morgan fingerprint density at radius 1 is 1.10 bits per heavy atom. The van der Waals surface area contributed by atoms with Crippen LogP contribution < -0.4 is 14.4 Å². The van der Waals surface area contributed by atoms with E-state index in [-0.39, 0.29) is 11.4 Å². The molecule has 7 nitrogen and oxygen atoms in total. The zero-order valence-corrected chi connectivity index (χ0v) is 17.0. The highest BCUT2D eigenvalue weighted by Gasteiger charge is 2.29. The van der Waals surface area contributed by atoms with E-state index in [1.165, 1.54) is 25.5 Å². The first-order chi connectivity index (χ1) is 13.9. The molecule has 0 spiro atoms. The predicted molar refractivity (Wildman–Crippen MR) is 109 cm³/mol. The van der Waals surface area contributed by atoms with E-state index in [4.69, 9.17) is 9.15 Å². The molecule has 0 aliphatic heterocycles. The van der Waals surface area contributed by atoms with E-state index in [1.807, 2.05) is 13.0 Å². The van der Waals surface area contributed by atoms with Gasteiger partial charge in [0.15, 0.2) is 0 Å². The van der Waals surface area contributed by atoms with Gasteiger partial charge < -0.3 is 14.5 Å². The van der Waals surface area contributed by atoms with Crippen molar-refractivity contribution >= 4 is 21.6 Å². The largest absolute Gasteiger partial charge is 0.495 e. The second-order valence-corrected chi connectivity index (χ2v) is 8.22. The van der Waals surface area contributed by atoms with Crippen LogP contribution in [0.3, 0.4) is 0 Å². The summed E-state index contributed by atoms with van der Waals surface area (Å²) in [5.41, 5.74) is 1.13. The number of benzene rings is 2. The molecule has 0 fully saturated rings. The molecule has 0 atom stereocenters. The predicted octanol–water partition coefficient (Wildman–Crippen LogP) is 3.11. The number of furan rings is 1. The van der Waals surface area contributed by atoms with E-state index in [2.05, 4.69) is 5.32 Å². The van der Waals surface area contributed by atoms with E-state index in [1.54, 1.807) is 42.5 Å². The van der Waals surface area contributed by atoms with Gasteiger partial charge in [-0.25, -0.2) is 8.42 Å². The third-order valence-corrected chi connectivity index (χ3v) is 6.04. The number of carbonyl (C=O) groups is 1. The summed E-state index contributed by atoms with van der Waals surface area (Å²) in [6.45, 7) is 1.60. The van der Waals surface area contributed by atoms with Gasteiger partial charge in [-0.2, -0.15) is 0 Å². The molecule has 0 unspecified atom stereocenters. The molecule has 0 aliphatic carbocycles. The summed E-state index contributed by atoms with van der Waals surface area (Å²) in [4.78, 5) is 12.7. The minimum absolute atomic E-state index is 0.0855. The van der Waals surface area contributed by atoms with Crippen LogP contribution in [0.1, 0.15) is 11.3 Å². The number of amides is 1. The maximum atomic E-state index is 13.4. The molecular formula is C21H22N2O5S. The molecule has 0 saturated heterocycles. The number of aryl methyl sites for hydroxylation is 1.